The van der Waals surface area contributed by atoms with Crippen molar-refractivity contribution in [3.8, 4) is 0 Å². The molecule has 1 N–H and O–H groups in total. The summed E-state index contributed by atoms with van der Waals surface area (Å²) in [5.41, 5.74) is 2.74. The van der Waals surface area contributed by atoms with Crippen molar-refractivity contribution in [2.75, 3.05) is 0 Å². The third-order valence-electron chi connectivity index (χ3n) is 1.14. The molecule has 0 aromatic rings. The third kappa shape index (κ3) is 2.30. The van der Waals surface area contributed by atoms with E-state index in [-0.39, 0.29) is 6.10 Å². The van der Waals surface area contributed by atoms with Crippen LogP contribution in [0.5, 0.6) is 0 Å². The van der Waals surface area contributed by atoms with Crippen molar-refractivity contribution in [2.24, 2.45) is 0 Å². The van der Waals surface area contributed by atoms with Crippen LogP contribution in [0.25, 0.3) is 0 Å². The van der Waals surface area contributed by atoms with Crippen LogP contribution in [0.4, 0.5) is 0 Å². The Labute approximate surface area is 70.8 Å². The predicted molar refractivity (Wildman–Crippen MR) is 42.7 cm³/mol. The molecule has 0 aliphatic carbocycles. The summed E-state index contributed by atoms with van der Waals surface area (Å²) in [4.78, 5) is 15.8. The van der Waals surface area contributed by atoms with Crippen LogP contribution in [0.2, 0.25) is 0 Å². The van der Waals surface area contributed by atoms with Gasteiger partial charge < -0.3 is 9.57 Å². The Bertz CT molecular complexity index is 230. The topological polar surface area (TPSA) is 47.6 Å². The molecule has 0 fully saturated rings. The van der Waals surface area contributed by atoms with E-state index in [1.807, 2.05) is 0 Å². The molecule has 0 aromatic heterocycles. The van der Waals surface area contributed by atoms with Gasteiger partial charge in [0.15, 0.2) is 5.70 Å². The molecule has 0 aromatic carbocycles. The quantitative estimate of drug-likeness (QED) is 0.623. The van der Waals surface area contributed by atoms with Gasteiger partial charge in [-0.3, -0.25) is 0 Å². The summed E-state index contributed by atoms with van der Waals surface area (Å²) >= 11 is 0. The first-order valence-electron chi connectivity index (χ1n) is 3.69. The second-order valence-corrected chi connectivity index (χ2v) is 2.58. The van der Waals surface area contributed by atoms with Crippen LogP contribution in [0.3, 0.4) is 0 Å². The Hall–Kier alpha value is -1.45. The molecule has 66 valence electrons. The van der Waals surface area contributed by atoms with Crippen molar-refractivity contribution in [3.05, 3.63) is 24.1 Å². The molecule has 4 heteroatoms. The van der Waals surface area contributed by atoms with Gasteiger partial charge in [-0.15, -0.1) is 0 Å². The van der Waals surface area contributed by atoms with Crippen LogP contribution in [-0.4, -0.2) is 12.1 Å². The maximum absolute atomic E-state index is 11.1. The summed E-state index contributed by atoms with van der Waals surface area (Å²) in [6, 6.07) is 0. The van der Waals surface area contributed by atoms with E-state index in [0.29, 0.717) is 5.70 Å². The lowest BCUT2D eigenvalue weighted by Gasteiger charge is -2.12. The van der Waals surface area contributed by atoms with Crippen molar-refractivity contribution >= 4 is 5.97 Å². The van der Waals surface area contributed by atoms with Crippen molar-refractivity contribution < 1.29 is 14.4 Å². The van der Waals surface area contributed by atoms with Crippen molar-refractivity contribution in [2.45, 2.75) is 20.0 Å². The molecule has 4 nitrogen and oxygen atoms in total. The fourth-order valence-electron chi connectivity index (χ4n) is 0.694. The minimum Gasteiger partial charge on any atom is -0.458 e. The largest absolute Gasteiger partial charge is 0.458 e. The Kier molecular flexibility index (Phi) is 2.74. The molecule has 1 aliphatic rings. The van der Waals surface area contributed by atoms with E-state index >= 15 is 0 Å². The van der Waals surface area contributed by atoms with E-state index in [1.54, 1.807) is 26.0 Å². The van der Waals surface area contributed by atoms with Gasteiger partial charge >= 0.3 is 5.97 Å². The number of allylic oxidation sites excluding steroid dienone is 2. The molecule has 0 atom stereocenters. The van der Waals surface area contributed by atoms with Gasteiger partial charge in [0.05, 0.1) is 6.10 Å². The third-order valence-corrected chi connectivity index (χ3v) is 1.14. The summed E-state index contributed by atoms with van der Waals surface area (Å²) in [5.74, 6) is -0.408. The van der Waals surface area contributed by atoms with Gasteiger partial charge in [-0.2, -0.15) is 0 Å². The summed E-state index contributed by atoms with van der Waals surface area (Å²) in [6.45, 7) is 3.58. The van der Waals surface area contributed by atoms with E-state index in [4.69, 9.17) is 4.74 Å². The monoisotopic (exact) mass is 169 g/mol. The number of rotatable bonds is 2. The van der Waals surface area contributed by atoms with E-state index in [9.17, 15) is 4.79 Å². The van der Waals surface area contributed by atoms with Crippen molar-refractivity contribution in [1.29, 1.82) is 0 Å². The molecular formula is C8H11NO3. The van der Waals surface area contributed by atoms with E-state index in [2.05, 4.69) is 10.3 Å². The average molecular weight is 169 g/mol. The lowest BCUT2D eigenvalue weighted by molar-refractivity contribution is -0.144. The lowest BCUT2D eigenvalue weighted by atomic mass is 10.4. The number of ether oxygens (including phenoxy) is 1. The molecule has 1 aliphatic heterocycles. The first-order valence-corrected chi connectivity index (χ1v) is 3.69. The first-order chi connectivity index (χ1) is 5.70. The molecule has 0 spiro atoms. The van der Waals surface area contributed by atoms with Gasteiger partial charge in [-0.05, 0) is 26.0 Å². The molecule has 0 amide bonds. The van der Waals surface area contributed by atoms with Crippen LogP contribution in [0.15, 0.2) is 24.1 Å². The second-order valence-electron chi connectivity index (χ2n) is 2.58. The predicted octanol–water partition coefficient (Wildman–Crippen LogP) is 0.870. The summed E-state index contributed by atoms with van der Waals surface area (Å²) in [5, 5.41) is 0. The molecule has 1 rings (SSSR count). The van der Waals surface area contributed by atoms with Gasteiger partial charge in [0.2, 0.25) is 0 Å². The zero-order valence-electron chi connectivity index (χ0n) is 7.03. The van der Waals surface area contributed by atoms with Crippen LogP contribution in [0.1, 0.15) is 13.8 Å². The average Bonchev–Trinajstić information content (AvgIpc) is 2.05. The molecule has 12 heavy (non-hydrogen) atoms. The molecule has 0 saturated heterocycles. The smallest absolute Gasteiger partial charge is 0.357 e. The normalized spacial score (nSPS) is 14.8. The van der Waals surface area contributed by atoms with Gasteiger partial charge in [-0.25, -0.2) is 10.3 Å². The number of carbonyl (C=O) groups is 1. The maximum Gasteiger partial charge on any atom is 0.357 e. The highest BCUT2D eigenvalue weighted by Gasteiger charge is 2.13. The zero-order chi connectivity index (χ0) is 8.97. The van der Waals surface area contributed by atoms with Gasteiger partial charge in [0, 0.05) is 0 Å². The Balaban J connectivity index is 2.51. The number of esters is 1. The van der Waals surface area contributed by atoms with Crippen molar-refractivity contribution in [3.63, 3.8) is 0 Å². The lowest BCUT2D eigenvalue weighted by Crippen LogP contribution is -2.24. The summed E-state index contributed by atoms with van der Waals surface area (Å²) < 4.78 is 4.91. The molecule has 0 saturated carbocycles. The fraction of sp³-hybridized carbons (Fsp3) is 0.375. The molecular weight excluding hydrogens is 158 g/mol. The molecule has 0 unspecified atom stereocenters. The Morgan fingerprint density at radius 3 is 2.92 bits per heavy atom. The molecule has 0 bridgehead atoms. The van der Waals surface area contributed by atoms with Gasteiger partial charge in [-0.1, -0.05) is 0 Å². The number of carbonyl (C=O) groups excluding carboxylic acids is 1. The van der Waals surface area contributed by atoms with Gasteiger partial charge in [0.25, 0.3) is 0 Å². The standard InChI is InChI=1S/C8H11NO3/c1-6(2)12-8(10)7-4-3-5-11-9-7/h3-6,9H,1-2H3. The Morgan fingerprint density at radius 2 is 2.42 bits per heavy atom. The minimum absolute atomic E-state index is 0.119. The zero-order valence-corrected chi connectivity index (χ0v) is 7.03. The van der Waals surface area contributed by atoms with E-state index < -0.39 is 5.97 Å². The first kappa shape index (κ1) is 8.64. The minimum atomic E-state index is -0.408. The van der Waals surface area contributed by atoms with E-state index in [1.165, 1.54) is 6.26 Å². The maximum atomic E-state index is 11.1. The second kappa shape index (κ2) is 3.80. The van der Waals surface area contributed by atoms with E-state index in [0.717, 1.165) is 0 Å². The fourth-order valence-corrected chi connectivity index (χ4v) is 0.694. The van der Waals surface area contributed by atoms with Gasteiger partial charge in [0.1, 0.15) is 6.26 Å². The highest BCUT2D eigenvalue weighted by atomic mass is 16.6. The summed E-state index contributed by atoms with van der Waals surface area (Å²) in [7, 11) is 0. The van der Waals surface area contributed by atoms with Crippen molar-refractivity contribution in [1.82, 2.24) is 5.48 Å². The summed E-state index contributed by atoms with van der Waals surface area (Å²) in [6.07, 6.45) is 4.53. The number of hydrogen-bond donors (Lipinski definition) is 1. The molecule has 0 radical (unpaired) electrons. The SMILES string of the molecule is CC(C)OC(=O)C1=CC=CON1. The number of hydrogen-bond acceptors (Lipinski definition) is 4. The van der Waals surface area contributed by atoms with Crippen LogP contribution in [0, 0.1) is 0 Å². The highest BCUT2D eigenvalue weighted by molar-refractivity contribution is 5.88. The number of hydroxylamine groups is 1. The highest BCUT2D eigenvalue weighted by Crippen LogP contribution is 2.01. The van der Waals surface area contributed by atoms with Crippen LogP contribution in [-0.2, 0) is 14.4 Å². The van der Waals surface area contributed by atoms with Crippen LogP contribution >= 0.6 is 0 Å². The molecule has 1 heterocycles. The number of nitrogens with one attached hydrogen (secondary N) is 1. The van der Waals surface area contributed by atoms with Crippen LogP contribution < -0.4 is 5.48 Å². The Morgan fingerprint density at radius 1 is 1.67 bits per heavy atom.